The van der Waals surface area contributed by atoms with Gasteiger partial charge in [0, 0.05) is 10.4 Å². The maximum Gasteiger partial charge on any atom is 0.265 e. The second-order valence-electron chi connectivity index (χ2n) is 8.53. The van der Waals surface area contributed by atoms with E-state index in [-0.39, 0.29) is 5.91 Å². The summed E-state index contributed by atoms with van der Waals surface area (Å²) < 4.78 is 1.13. The highest BCUT2D eigenvalue weighted by molar-refractivity contribution is 7.21. The van der Waals surface area contributed by atoms with E-state index in [1.807, 2.05) is 36.4 Å². The first-order valence-corrected chi connectivity index (χ1v) is 12.4. The number of unbranched alkanes of at least 4 members (excludes halogenated alkanes) is 2. The van der Waals surface area contributed by atoms with Crippen LogP contribution >= 0.6 is 11.3 Å². The minimum Gasteiger partial charge on any atom is -0.321 e. The molecule has 0 spiro atoms. The van der Waals surface area contributed by atoms with Crippen molar-refractivity contribution in [2.75, 3.05) is 5.32 Å². The van der Waals surface area contributed by atoms with Crippen LogP contribution in [0, 0.1) is 0 Å². The summed E-state index contributed by atoms with van der Waals surface area (Å²) in [6.45, 7) is 2.24. The van der Waals surface area contributed by atoms with Crippen LogP contribution in [0.25, 0.3) is 32.0 Å². The molecule has 0 radical (unpaired) electrons. The highest BCUT2D eigenvalue weighted by atomic mass is 32.1. The summed E-state index contributed by atoms with van der Waals surface area (Å²) in [7, 11) is 0. The molecule has 5 rings (SSSR count). The van der Waals surface area contributed by atoms with Gasteiger partial charge in [0.1, 0.15) is 0 Å². The molecule has 1 heterocycles. The second-order valence-corrected chi connectivity index (χ2v) is 9.62. The number of anilines is 1. The number of amides is 1. The number of hydrogen-bond donors (Lipinski definition) is 1. The van der Waals surface area contributed by atoms with Crippen LogP contribution in [0.1, 0.15) is 41.4 Å². The first kappa shape index (κ1) is 21.4. The van der Waals surface area contributed by atoms with Gasteiger partial charge < -0.3 is 5.32 Å². The van der Waals surface area contributed by atoms with Crippen LogP contribution in [-0.2, 0) is 6.42 Å². The Kier molecular flexibility index (Phi) is 6.23. The van der Waals surface area contributed by atoms with Gasteiger partial charge in [0.05, 0.1) is 4.88 Å². The van der Waals surface area contributed by atoms with Gasteiger partial charge in [-0.15, -0.1) is 11.3 Å². The SMILES string of the molecule is CCCCCc1ccc(-c2ccc3cc(C(=O)Nc4ccc5ccccc5c4)sc3c2)cc1. The average Bonchev–Trinajstić information content (AvgIpc) is 3.28. The van der Waals surface area contributed by atoms with Crippen LogP contribution in [0.3, 0.4) is 0 Å². The lowest BCUT2D eigenvalue weighted by Gasteiger charge is -2.05. The van der Waals surface area contributed by atoms with Crippen LogP contribution in [0.5, 0.6) is 0 Å². The van der Waals surface area contributed by atoms with Crippen LogP contribution in [-0.4, -0.2) is 5.91 Å². The van der Waals surface area contributed by atoms with Gasteiger partial charge in [0.15, 0.2) is 0 Å². The van der Waals surface area contributed by atoms with Gasteiger partial charge in [-0.3, -0.25) is 4.79 Å². The molecule has 0 fully saturated rings. The van der Waals surface area contributed by atoms with Crippen LogP contribution in [0.4, 0.5) is 5.69 Å². The van der Waals surface area contributed by atoms with Crippen molar-refractivity contribution in [3.05, 3.63) is 101 Å². The van der Waals surface area contributed by atoms with Gasteiger partial charge in [-0.05, 0) is 70.0 Å². The van der Waals surface area contributed by atoms with Gasteiger partial charge >= 0.3 is 0 Å². The highest BCUT2D eigenvalue weighted by Gasteiger charge is 2.12. The molecule has 1 amide bonds. The fourth-order valence-electron chi connectivity index (χ4n) is 4.23. The fraction of sp³-hybridized carbons (Fsp3) is 0.167. The zero-order valence-electron chi connectivity index (χ0n) is 18.8. The molecular weight excluding hydrogens is 422 g/mol. The van der Waals surface area contributed by atoms with Gasteiger partial charge in [0.25, 0.3) is 5.91 Å². The summed E-state index contributed by atoms with van der Waals surface area (Å²) in [5.41, 5.74) is 4.62. The van der Waals surface area contributed by atoms with Crippen molar-refractivity contribution in [3.63, 3.8) is 0 Å². The summed E-state index contributed by atoms with van der Waals surface area (Å²) in [5.74, 6) is -0.0653. The second kappa shape index (κ2) is 9.60. The molecule has 0 aliphatic carbocycles. The summed E-state index contributed by atoms with van der Waals surface area (Å²) in [4.78, 5) is 13.6. The number of aryl methyl sites for hydroxylation is 1. The Hall–Kier alpha value is -3.43. The molecule has 0 saturated carbocycles. The molecule has 0 unspecified atom stereocenters. The average molecular weight is 450 g/mol. The largest absolute Gasteiger partial charge is 0.321 e. The zero-order valence-corrected chi connectivity index (χ0v) is 19.6. The van der Waals surface area contributed by atoms with E-state index < -0.39 is 0 Å². The molecule has 5 aromatic rings. The van der Waals surface area contributed by atoms with E-state index in [4.69, 9.17) is 0 Å². The van der Waals surface area contributed by atoms with E-state index in [0.717, 1.165) is 32.5 Å². The molecule has 1 N–H and O–H groups in total. The summed E-state index contributed by atoms with van der Waals surface area (Å²) in [5, 5.41) is 6.44. The molecule has 0 atom stereocenters. The van der Waals surface area contributed by atoms with Crippen molar-refractivity contribution in [2.45, 2.75) is 32.6 Å². The number of hydrogen-bond acceptors (Lipinski definition) is 2. The van der Waals surface area contributed by atoms with Crippen molar-refractivity contribution in [2.24, 2.45) is 0 Å². The van der Waals surface area contributed by atoms with E-state index in [2.05, 4.69) is 66.8 Å². The third-order valence-corrected chi connectivity index (χ3v) is 7.20. The van der Waals surface area contributed by atoms with Crippen LogP contribution in [0.15, 0.2) is 91.0 Å². The van der Waals surface area contributed by atoms with Gasteiger partial charge in [0.2, 0.25) is 0 Å². The number of carbonyl (C=O) groups excluding carboxylic acids is 1. The lowest BCUT2D eigenvalue weighted by molar-refractivity contribution is 0.103. The Morgan fingerprint density at radius 3 is 2.33 bits per heavy atom. The van der Waals surface area contributed by atoms with E-state index >= 15 is 0 Å². The topological polar surface area (TPSA) is 29.1 Å². The third kappa shape index (κ3) is 4.84. The first-order valence-electron chi connectivity index (χ1n) is 11.6. The van der Waals surface area contributed by atoms with E-state index in [9.17, 15) is 4.79 Å². The highest BCUT2D eigenvalue weighted by Crippen LogP contribution is 2.31. The molecular formula is C30H27NOS. The summed E-state index contributed by atoms with van der Waals surface area (Å²) in [6.07, 6.45) is 4.93. The summed E-state index contributed by atoms with van der Waals surface area (Å²) >= 11 is 1.54. The molecule has 0 aliphatic heterocycles. The predicted molar refractivity (Wildman–Crippen MR) is 142 cm³/mol. The quantitative estimate of drug-likeness (QED) is 0.247. The molecule has 0 bridgehead atoms. The smallest absolute Gasteiger partial charge is 0.265 e. The zero-order chi connectivity index (χ0) is 22.6. The van der Waals surface area contributed by atoms with Crippen molar-refractivity contribution < 1.29 is 4.79 Å². The molecule has 0 saturated heterocycles. The molecule has 3 heteroatoms. The molecule has 164 valence electrons. The standard InChI is InChI=1S/C30H27NOS/c1-2-3-4-7-21-10-12-23(13-11-21)25-14-15-26-20-29(33-28(26)19-25)30(32)31-27-17-16-22-8-5-6-9-24(22)18-27/h5-6,8-20H,2-4,7H2,1H3,(H,31,32). The van der Waals surface area contributed by atoms with Gasteiger partial charge in [-0.1, -0.05) is 86.5 Å². The van der Waals surface area contributed by atoms with Crippen molar-refractivity contribution >= 4 is 43.8 Å². The van der Waals surface area contributed by atoms with E-state index in [1.165, 1.54) is 41.3 Å². The van der Waals surface area contributed by atoms with Gasteiger partial charge in [-0.25, -0.2) is 0 Å². The minimum absolute atomic E-state index is 0.0653. The number of nitrogens with one attached hydrogen (secondary N) is 1. The number of thiophene rings is 1. The Balaban J connectivity index is 1.33. The normalized spacial score (nSPS) is 11.2. The molecule has 0 aliphatic rings. The predicted octanol–water partition coefficient (Wildman–Crippen LogP) is 8.71. The summed E-state index contributed by atoms with van der Waals surface area (Å²) in [6, 6.07) is 31.5. The fourth-order valence-corrected chi connectivity index (χ4v) is 5.22. The van der Waals surface area contributed by atoms with Gasteiger partial charge in [-0.2, -0.15) is 0 Å². The van der Waals surface area contributed by atoms with Crippen molar-refractivity contribution in [1.29, 1.82) is 0 Å². The Labute approximate surface area is 198 Å². The minimum atomic E-state index is -0.0653. The van der Waals surface area contributed by atoms with Crippen LogP contribution in [0.2, 0.25) is 0 Å². The Morgan fingerprint density at radius 1 is 0.758 bits per heavy atom. The van der Waals surface area contributed by atoms with E-state index in [1.54, 1.807) is 11.3 Å². The lowest BCUT2D eigenvalue weighted by atomic mass is 10.0. The number of fused-ring (bicyclic) bond motifs is 2. The Bertz CT molecular complexity index is 1410. The third-order valence-electron chi connectivity index (χ3n) is 6.11. The monoisotopic (exact) mass is 449 g/mol. The molecule has 2 nitrogen and oxygen atoms in total. The number of rotatable bonds is 7. The maximum absolute atomic E-state index is 12.9. The molecule has 33 heavy (non-hydrogen) atoms. The van der Waals surface area contributed by atoms with Crippen LogP contribution < -0.4 is 5.32 Å². The molecule has 1 aromatic heterocycles. The maximum atomic E-state index is 12.9. The van der Waals surface area contributed by atoms with E-state index in [0.29, 0.717) is 0 Å². The number of carbonyl (C=O) groups is 1. The van der Waals surface area contributed by atoms with Crippen molar-refractivity contribution in [3.8, 4) is 11.1 Å². The first-order chi connectivity index (χ1) is 16.2. The Morgan fingerprint density at radius 2 is 1.52 bits per heavy atom. The molecule has 4 aromatic carbocycles. The number of benzene rings is 4. The lowest BCUT2D eigenvalue weighted by Crippen LogP contribution is -2.09. The van der Waals surface area contributed by atoms with Crippen molar-refractivity contribution in [1.82, 2.24) is 0 Å².